The van der Waals surface area contributed by atoms with E-state index in [1.807, 2.05) is 43.3 Å². The van der Waals surface area contributed by atoms with E-state index in [9.17, 15) is 5.11 Å². The Bertz CT molecular complexity index is 568. The van der Waals surface area contributed by atoms with Crippen molar-refractivity contribution in [3.63, 3.8) is 0 Å². The zero-order valence-corrected chi connectivity index (χ0v) is 13.0. The molecule has 2 nitrogen and oxygen atoms in total. The summed E-state index contributed by atoms with van der Waals surface area (Å²) in [5.41, 5.74) is 1.79. The summed E-state index contributed by atoms with van der Waals surface area (Å²) in [6.07, 6.45) is 0. The lowest BCUT2D eigenvalue weighted by molar-refractivity contribution is 0.276. The minimum Gasteiger partial charge on any atom is -0.457 e. The highest BCUT2D eigenvalue weighted by molar-refractivity contribution is 9.10. The Labute approximate surface area is 123 Å². The third-order valence-corrected chi connectivity index (χ3v) is 3.54. The minimum atomic E-state index is -0.0512. The van der Waals surface area contributed by atoms with Crippen molar-refractivity contribution in [3.8, 4) is 11.5 Å². The van der Waals surface area contributed by atoms with Crippen molar-refractivity contribution in [2.24, 2.45) is 0 Å². The maximum absolute atomic E-state index is 9.33. The van der Waals surface area contributed by atoms with E-state index in [0.29, 0.717) is 5.75 Å². The first-order valence-corrected chi connectivity index (χ1v) is 7.02. The van der Waals surface area contributed by atoms with E-state index in [1.54, 1.807) is 0 Å². The molecule has 4 heteroatoms. The monoisotopic (exact) mass is 370 g/mol. The lowest BCUT2D eigenvalue weighted by atomic mass is 10.2. The summed E-state index contributed by atoms with van der Waals surface area (Å²) >= 11 is 6.79. The quantitative estimate of drug-likeness (QED) is 0.839. The average molecular weight is 372 g/mol. The molecule has 0 saturated carbocycles. The summed E-state index contributed by atoms with van der Waals surface area (Å²) in [4.78, 5) is 0. The van der Waals surface area contributed by atoms with Crippen molar-refractivity contribution in [2.45, 2.75) is 13.5 Å². The molecule has 0 atom stereocenters. The number of aliphatic hydroxyl groups is 1. The van der Waals surface area contributed by atoms with Crippen LogP contribution in [-0.4, -0.2) is 5.11 Å². The van der Waals surface area contributed by atoms with Crippen LogP contribution in [0, 0.1) is 6.92 Å². The fraction of sp³-hybridized carbons (Fsp3) is 0.143. The second-order valence-electron chi connectivity index (χ2n) is 3.92. The van der Waals surface area contributed by atoms with Crippen LogP contribution in [0.5, 0.6) is 11.5 Å². The molecule has 0 fully saturated rings. The largest absolute Gasteiger partial charge is 0.457 e. The number of benzene rings is 2. The number of hydrogen-bond donors (Lipinski definition) is 1. The molecule has 0 aliphatic carbocycles. The van der Waals surface area contributed by atoms with Gasteiger partial charge in [-0.3, -0.25) is 0 Å². The van der Waals surface area contributed by atoms with E-state index in [4.69, 9.17) is 4.74 Å². The van der Waals surface area contributed by atoms with Crippen molar-refractivity contribution in [3.05, 3.63) is 56.5 Å². The molecule has 0 amide bonds. The highest BCUT2D eigenvalue weighted by Crippen LogP contribution is 2.31. The van der Waals surface area contributed by atoms with Gasteiger partial charge in [-0.05, 0) is 48.9 Å². The first kappa shape index (κ1) is 13.6. The normalized spacial score (nSPS) is 10.4. The molecule has 2 aromatic carbocycles. The van der Waals surface area contributed by atoms with Gasteiger partial charge in [-0.15, -0.1) is 0 Å². The molecule has 0 aliphatic rings. The van der Waals surface area contributed by atoms with Crippen LogP contribution in [0.25, 0.3) is 0 Å². The SMILES string of the molecule is Cc1cc(Br)ccc1Oc1ccc(Br)cc1CO. The molecular weight excluding hydrogens is 360 g/mol. The van der Waals surface area contributed by atoms with Crippen LogP contribution >= 0.6 is 31.9 Å². The van der Waals surface area contributed by atoms with E-state index >= 15 is 0 Å². The molecule has 18 heavy (non-hydrogen) atoms. The van der Waals surface area contributed by atoms with Crippen LogP contribution in [0.15, 0.2) is 45.3 Å². The third kappa shape index (κ3) is 3.13. The molecule has 1 N–H and O–H groups in total. The van der Waals surface area contributed by atoms with Crippen LogP contribution in [-0.2, 0) is 6.61 Å². The Balaban J connectivity index is 2.33. The lowest BCUT2D eigenvalue weighted by Gasteiger charge is -2.12. The van der Waals surface area contributed by atoms with Crippen LogP contribution in [0.4, 0.5) is 0 Å². The Morgan fingerprint density at radius 3 is 2.22 bits per heavy atom. The molecule has 0 heterocycles. The van der Waals surface area contributed by atoms with Crippen molar-refractivity contribution >= 4 is 31.9 Å². The van der Waals surface area contributed by atoms with Gasteiger partial charge in [0.2, 0.25) is 0 Å². The van der Waals surface area contributed by atoms with Gasteiger partial charge in [0.05, 0.1) is 6.61 Å². The highest BCUT2D eigenvalue weighted by Gasteiger charge is 2.07. The molecule has 0 radical (unpaired) electrons. The topological polar surface area (TPSA) is 29.5 Å². The van der Waals surface area contributed by atoms with Gasteiger partial charge in [0, 0.05) is 14.5 Å². The minimum absolute atomic E-state index is 0.0512. The van der Waals surface area contributed by atoms with Crippen LogP contribution in [0.3, 0.4) is 0 Å². The predicted octanol–water partition coefficient (Wildman–Crippen LogP) is 4.80. The molecular formula is C14H12Br2O2. The van der Waals surface area contributed by atoms with Crippen LogP contribution in [0.2, 0.25) is 0 Å². The average Bonchev–Trinajstić information content (AvgIpc) is 2.34. The van der Waals surface area contributed by atoms with E-state index in [1.165, 1.54) is 0 Å². The third-order valence-electron chi connectivity index (χ3n) is 2.55. The number of aliphatic hydroxyl groups excluding tert-OH is 1. The van der Waals surface area contributed by atoms with Gasteiger partial charge in [-0.25, -0.2) is 0 Å². The van der Waals surface area contributed by atoms with Gasteiger partial charge in [0.15, 0.2) is 0 Å². The standard InChI is InChI=1S/C14H12Br2O2/c1-9-6-11(15)2-4-13(9)18-14-5-3-12(16)7-10(14)8-17/h2-7,17H,8H2,1H3. The van der Waals surface area contributed by atoms with Gasteiger partial charge in [0.1, 0.15) is 11.5 Å². The smallest absolute Gasteiger partial charge is 0.133 e. The number of aryl methyl sites for hydroxylation is 1. The van der Waals surface area contributed by atoms with Crippen molar-refractivity contribution in [1.29, 1.82) is 0 Å². The maximum atomic E-state index is 9.33. The molecule has 0 aliphatic heterocycles. The number of rotatable bonds is 3. The zero-order chi connectivity index (χ0) is 13.1. The Morgan fingerprint density at radius 2 is 1.61 bits per heavy atom. The number of hydrogen-bond acceptors (Lipinski definition) is 2. The summed E-state index contributed by atoms with van der Waals surface area (Å²) in [5, 5.41) is 9.33. The number of halogens is 2. The molecule has 0 aromatic heterocycles. The van der Waals surface area contributed by atoms with Gasteiger partial charge < -0.3 is 9.84 Å². The predicted molar refractivity (Wildman–Crippen MR) is 79.0 cm³/mol. The summed E-state index contributed by atoms with van der Waals surface area (Å²) in [7, 11) is 0. The van der Waals surface area contributed by atoms with E-state index in [0.717, 1.165) is 25.8 Å². The second-order valence-corrected chi connectivity index (χ2v) is 5.75. The molecule has 0 unspecified atom stereocenters. The van der Waals surface area contributed by atoms with Gasteiger partial charge in [-0.1, -0.05) is 31.9 Å². The molecule has 0 bridgehead atoms. The Kier molecular flexibility index (Phi) is 4.43. The second kappa shape index (κ2) is 5.87. The van der Waals surface area contributed by atoms with E-state index in [2.05, 4.69) is 31.9 Å². The van der Waals surface area contributed by atoms with Gasteiger partial charge in [-0.2, -0.15) is 0 Å². The molecule has 2 rings (SSSR count). The first-order chi connectivity index (χ1) is 8.60. The lowest BCUT2D eigenvalue weighted by Crippen LogP contribution is -1.93. The molecule has 0 saturated heterocycles. The Hall–Kier alpha value is -0.840. The van der Waals surface area contributed by atoms with Gasteiger partial charge >= 0.3 is 0 Å². The Morgan fingerprint density at radius 1 is 1.00 bits per heavy atom. The number of ether oxygens (including phenoxy) is 1. The van der Waals surface area contributed by atoms with Crippen molar-refractivity contribution in [1.82, 2.24) is 0 Å². The maximum Gasteiger partial charge on any atom is 0.133 e. The van der Waals surface area contributed by atoms with Crippen molar-refractivity contribution < 1.29 is 9.84 Å². The van der Waals surface area contributed by atoms with E-state index in [-0.39, 0.29) is 6.61 Å². The van der Waals surface area contributed by atoms with Gasteiger partial charge in [0.25, 0.3) is 0 Å². The fourth-order valence-corrected chi connectivity index (χ4v) is 2.50. The van der Waals surface area contributed by atoms with Crippen molar-refractivity contribution in [2.75, 3.05) is 0 Å². The highest BCUT2D eigenvalue weighted by atomic mass is 79.9. The molecule has 0 spiro atoms. The van der Waals surface area contributed by atoms with E-state index < -0.39 is 0 Å². The fourth-order valence-electron chi connectivity index (χ4n) is 1.62. The summed E-state index contributed by atoms with van der Waals surface area (Å²) in [5.74, 6) is 1.46. The molecule has 2 aromatic rings. The first-order valence-electron chi connectivity index (χ1n) is 5.43. The summed E-state index contributed by atoms with van der Waals surface area (Å²) in [6.45, 7) is 1.93. The summed E-state index contributed by atoms with van der Waals surface area (Å²) < 4.78 is 7.78. The van der Waals surface area contributed by atoms with Crippen LogP contribution in [0.1, 0.15) is 11.1 Å². The zero-order valence-electron chi connectivity index (χ0n) is 9.78. The molecule has 94 valence electrons. The van der Waals surface area contributed by atoms with Crippen LogP contribution < -0.4 is 4.74 Å². The summed E-state index contributed by atoms with van der Waals surface area (Å²) in [6, 6.07) is 11.4.